The lowest BCUT2D eigenvalue weighted by Gasteiger charge is -2.24. The number of nitrogens with zero attached hydrogens (tertiary/aromatic N) is 1. The first-order valence-corrected chi connectivity index (χ1v) is 8.79. The van der Waals surface area contributed by atoms with Gasteiger partial charge in [0.2, 0.25) is 0 Å². The first-order valence-electron chi connectivity index (χ1n) is 8.03. The van der Waals surface area contributed by atoms with Crippen LogP contribution >= 0.6 is 23.2 Å². The number of benzene rings is 1. The largest absolute Gasteiger partial charge is 0.488 e. The van der Waals surface area contributed by atoms with Crippen molar-refractivity contribution in [3.63, 3.8) is 0 Å². The predicted molar refractivity (Wildman–Crippen MR) is 93.4 cm³/mol. The number of rotatable bonds is 5. The van der Waals surface area contributed by atoms with E-state index in [4.69, 9.17) is 27.9 Å². The predicted octanol–water partition coefficient (Wildman–Crippen LogP) is 3.49. The Kier molecular flexibility index (Phi) is 6.57. The second-order valence-electron chi connectivity index (χ2n) is 6.57. The van der Waals surface area contributed by atoms with Gasteiger partial charge in [0.05, 0.1) is 28.4 Å². The SMILES string of the molecule is CC(C)Oc1c(Cl)cc(CN2CCCC(O)(CO)CC2)cc1Cl. The van der Waals surface area contributed by atoms with Crippen LogP contribution in [0.25, 0.3) is 0 Å². The first kappa shape index (κ1) is 18.8. The van der Waals surface area contributed by atoms with E-state index in [-0.39, 0.29) is 12.7 Å². The Morgan fingerprint density at radius 2 is 1.87 bits per heavy atom. The summed E-state index contributed by atoms with van der Waals surface area (Å²) in [7, 11) is 0. The van der Waals surface area contributed by atoms with E-state index in [2.05, 4.69) is 4.90 Å². The van der Waals surface area contributed by atoms with Crippen LogP contribution in [0.1, 0.15) is 38.7 Å². The van der Waals surface area contributed by atoms with Crippen molar-refractivity contribution >= 4 is 23.2 Å². The number of halogens is 2. The van der Waals surface area contributed by atoms with Gasteiger partial charge in [-0.2, -0.15) is 0 Å². The molecule has 0 bridgehead atoms. The molecule has 6 heteroatoms. The van der Waals surface area contributed by atoms with Crippen LogP contribution in [-0.4, -0.2) is 46.5 Å². The monoisotopic (exact) mass is 361 g/mol. The Morgan fingerprint density at radius 3 is 2.43 bits per heavy atom. The smallest absolute Gasteiger partial charge is 0.156 e. The van der Waals surface area contributed by atoms with Crippen molar-refractivity contribution in [1.82, 2.24) is 4.90 Å². The van der Waals surface area contributed by atoms with Crippen molar-refractivity contribution in [2.45, 2.75) is 51.4 Å². The van der Waals surface area contributed by atoms with Crippen molar-refractivity contribution in [1.29, 1.82) is 0 Å². The van der Waals surface area contributed by atoms with Crippen molar-refractivity contribution in [2.24, 2.45) is 0 Å². The molecule has 1 fully saturated rings. The zero-order valence-corrected chi connectivity index (χ0v) is 15.2. The molecule has 1 aliphatic heterocycles. The van der Waals surface area contributed by atoms with Crippen molar-refractivity contribution < 1.29 is 14.9 Å². The lowest BCUT2D eigenvalue weighted by molar-refractivity contribution is -0.0255. The molecular weight excluding hydrogens is 337 g/mol. The molecule has 1 heterocycles. The topological polar surface area (TPSA) is 52.9 Å². The van der Waals surface area contributed by atoms with Crippen LogP contribution < -0.4 is 4.74 Å². The fraction of sp³-hybridized carbons (Fsp3) is 0.647. The zero-order chi connectivity index (χ0) is 17.0. The molecule has 0 aliphatic carbocycles. The van der Waals surface area contributed by atoms with E-state index < -0.39 is 5.60 Å². The van der Waals surface area contributed by atoms with Crippen LogP contribution in [0.5, 0.6) is 5.75 Å². The molecule has 2 N–H and O–H groups in total. The molecule has 2 rings (SSSR count). The van der Waals surface area contributed by atoms with Gasteiger partial charge < -0.3 is 14.9 Å². The van der Waals surface area contributed by atoms with Gasteiger partial charge in [-0.1, -0.05) is 23.2 Å². The second kappa shape index (κ2) is 8.04. The molecule has 0 radical (unpaired) electrons. The highest BCUT2D eigenvalue weighted by Crippen LogP contribution is 2.35. The maximum Gasteiger partial charge on any atom is 0.156 e. The molecule has 1 unspecified atom stereocenters. The van der Waals surface area contributed by atoms with Gasteiger partial charge in [0, 0.05) is 13.1 Å². The highest BCUT2D eigenvalue weighted by Gasteiger charge is 2.29. The van der Waals surface area contributed by atoms with Crippen LogP contribution in [0, 0.1) is 0 Å². The lowest BCUT2D eigenvalue weighted by Crippen LogP contribution is -2.34. The summed E-state index contributed by atoms with van der Waals surface area (Å²) < 4.78 is 5.64. The number of hydrogen-bond acceptors (Lipinski definition) is 4. The van der Waals surface area contributed by atoms with E-state index in [1.54, 1.807) is 0 Å². The number of aliphatic hydroxyl groups is 2. The third kappa shape index (κ3) is 5.23. The van der Waals surface area contributed by atoms with E-state index in [1.165, 1.54) is 0 Å². The molecule has 1 aromatic carbocycles. The van der Waals surface area contributed by atoms with E-state index in [1.807, 2.05) is 26.0 Å². The Morgan fingerprint density at radius 1 is 1.22 bits per heavy atom. The standard InChI is InChI=1S/C17H25Cl2NO3/c1-12(2)23-16-14(18)8-13(9-15(16)19)10-20-6-3-4-17(22,11-21)5-7-20/h8-9,12,21-22H,3-7,10-11H2,1-2H3. The molecule has 0 amide bonds. The van der Waals surface area contributed by atoms with Gasteiger partial charge in [-0.25, -0.2) is 0 Å². The molecule has 4 nitrogen and oxygen atoms in total. The maximum atomic E-state index is 10.2. The lowest BCUT2D eigenvalue weighted by atomic mass is 9.96. The minimum Gasteiger partial charge on any atom is -0.488 e. The third-order valence-electron chi connectivity index (χ3n) is 4.12. The highest BCUT2D eigenvalue weighted by molar-refractivity contribution is 6.37. The molecule has 0 aromatic heterocycles. The van der Waals surface area contributed by atoms with Crippen LogP contribution in [0.15, 0.2) is 12.1 Å². The van der Waals surface area contributed by atoms with Gasteiger partial charge >= 0.3 is 0 Å². The summed E-state index contributed by atoms with van der Waals surface area (Å²) in [5.74, 6) is 0.526. The molecule has 23 heavy (non-hydrogen) atoms. The normalized spacial score (nSPS) is 23.1. The van der Waals surface area contributed by atoms with Gasteiger partial charge in [0.15, 0.2) is 5.75 Å². The summed E-state index contributed by atoms with van der Waals surface area (Å²) in [4.78, 5) is 2.25. The van der Waals surface area contributed by atoms with Crippen molar-refractivity contribution in [3.8, 4) is 5.75 Å². The Hall–Kier alpha value is -0.520. The van der Waals surface area contributed by atoms with Gasteiger partial charge in [0.1, 0.15) is 0 Å². The third-order valence-corrected chi connectivity index (χ3v) is 4.68. The summed E-state index contributed by atoms with van der Waals surface area (Å²) in [6.07, 6.45) is 2.06. The summed E-state index contributed by atoms with van der Waals surface area (Å²) in [6.45, 7) is 6.00. The average Bonchev–Trinajstić information content (AvgIpc) is 2.66. The van der Waals surface area contributed by atoms with Gasteiger partial charge in [0.25, 0.3) is 0 Å². The number of hydrogen-bond donors (Lipinski definition) is 2. The quantitative estimate of drug-likeness (QED) is 0.842. The molecule has 1 aliphatic rings. The summed E-state index contributed by atoms with van der Waals surface area (Å²) in [5.41, 5.74) is 0.0736. The van der Waals surface area contributed by atoms with E-state index in [0.717, 1.165) is 25.1 Å². The van der Waals surface area contributed by atoms with Crippen LogP contribution in [0.3, 0.4) is 0 Å². The van der Waals surface area contributed by atoms with Crippen LogP contribution in [0.2, 0.25) is 10.0 Å². The second-order valence-corrected chi connectivity index (χ2v) is 7.38. The van der Waals surface area contributed by atoms with Crippen LogP contribution in [0.4, 0.5) is 0 Å². The minimum absolute atomic E-state index is 0.0117. The average molecular weight is 362 g/mol. The maximum absolute atomic E-state index is 10.2. The van der Waals surface area contributed by atoms with Gasteiger partial charge in [-0.15, -0.1) is 0 Å². The number of likely N-dealkylation sites (tertiary alicyclic amines) is 1. The minimum atomic E-state index is -0.945. The Balaban J connectivity index is 2.06. The first-order chi connectivity index (χ1) is 10.8. The fourth-order valence-electron chi connectivity index (χ4n) is 2.86. The zero-order valence-electron chi connectivity index (χ0n) is 13.7. The van der Waals surface area contributed by atoms with Crippen molar-refractivity contribution in [2.75, 3.05) is 19.7 Å². The Labute approximate surface area is 148 Å². The van der Waals surface area contributed by atoms with E-state index >= 15 is 0 Å². The summed E-state index contributed by atoms with van der Waals surface area (Å²) in [6, 6.07) is 3.77. The van der Waals surface area contributed by atoms with Crippen molar-refractivity contribution in [3.05, 3.63) is 27.7 Å². The molecule has 0 spiro atoms. The van der Waals surface area contributed by atoms with Gasteiger partial charge in [-0.3, -0.25) is 4.90 Å². The van der Waals surface area contributed by atoms with Gasteiger partial charge in [-0.05, 0) is 57.4 Å². The summed E-state index contributed by atoms with van der Waals surface area (Å²) in [5, 5.41) is 20.6. The molecule has 130 valence electrons. The highest BCUT2D eigenvalue weighted by atomic mass is 35.5. The number of aliphatic hydroxyl groups excluding tert-OH is 1. The number of ether oxygens (including phenoxy) is 1. The fourth-order valence-corrected chi connectivity index (χ4v) is 3.48. The molecule has 1 atom stereocenters. The molecule has 1 aromatic rings. The summed E-state index contributed by atoms with van der Waals surface area (Å²) >= 11 is 12.6. The molecular formula is C17H25Cl2NO3. The molecule has 1 saturated heterocycles. The van der Waals surface area contributed by atoms with E-state index in [0.29, 0.717) is 35.2 Å². The van der Waals surface area contributed by atoms with Crippen LogP contribution in [-0.2, 0) is 6.54 Å². The molecule has 0 saturated carbocycles. The Bertz CT molecular complexity index is 516. The van der Waals surface area contributed by atoms with E-state index in [9.17, 15) is 10.2 Å².